The lowest BCUT2D eigenvalue weighted by Crippen LogP contribution is -2.11. The van der Waals surface area contributed by atoms with E-state index < -0.39 is 5.97 Å². The summed E-state index contributed by atoms with van der Waals surface area (Å²) in [5, 5.41) is 19.1. The molecule has 21 heavy (non-hydrogen) atoms. The molecule has 3 rings (SSSR count). The van der Waals surface area contributed by atoms with Crippen molar-refractivity contribution in [1.29, 1.82) is 0 Å². The number of benzene rings is 2. The van der Waals surface area contributed by atoms with Gasteiger partial charge in [-0.05, 0) is 65.3 Å². The van der Waals surface area contributed by atoms with Crippen molar-refractivity contribution in [3.63, 3.8) is 0 Å². The van der Waals surface area contributed by atoms with Crippen molar-refractivity contribution >= 4 is 12.0 Å². The lowest BCUT2D eigenvalue weighted by molar-refractivity contribution is 0.0696. The van der Waals surface area contributed by atoms with E-state index in [0.717, 1.165) is 40.7 Å². The lowest BCUT2D eigenvalue weighted by atomic mass is 9.80. The van der Waals surface area contributed by atoms with Crippen LogP contribution in [-0.2, 0) is 12.8 Å². The topological polar surface area (TPSA) is 57.5 Å². The molecule has 0 bridgehead atoms. The molecule has 0 unspecified atom stereocenters. The number of aromatic hydroxyl groups is 1. The van der Waals surface area contributed by atoms with E-state index in [-0.39, 0.29) is 0 Å². The van der Waals surface area contributed by atoms with Gasteiger partial charge in [0.2, 0.25) is 0 Å². The Morgan fingerprint density at radius 3 is 2.43 bits per heavy atom. The third-order valence-corrected chi connectivity index (χ3v) is 4.28. The Kier molecular flexibility index (Phi) is 3.05. The molecule has 0 spiro atoms. The molecule has 3 heteroatoms. The molecular formula is C18H16O3. The molecule has 0 radical (unpaired) electrons. The molecule has 2 aromatic rings. The first-order valence-electron chi connectivity index (χ1n) is 6.88. The maximum absolute atomic E-state index is 11.3. The van der Waals surface area contributed by atoms with Crippen LogP contribution in [-0.4, -0.2) is 16.2 Å². The molecule has 0 saturated carbocycles. The molecule has 3 nitrogen and oxygen atoms in total. The van der Waals surface area contributed by atoms with Gasteiger partial charge >= 0.3 is 5.97 Å². The van der Waals surface area contributed by atoms with Crippen LogP contribution in [0.3, 0.4) is 0 Å². The highest BCUT2D eigenvalue weighted by Crippen LogP contribution is 2.40. The molecule has 2 aromatic carbocycles. The SMILES string of the molecule is C=Cc1c(C(=O)O)ccc2c1CCc1c-2ccc(O)c1C. The van der Waals surface area contributed by atoms with Crippen LogP contribution >= 0.6 is 0 Å². The number of hydrogen-bond donors (Lipinski definition) is 2. The molecule has 1 aliphatic rings. The van der Waals surface area contributed by atoms with E-state index in [1.807, 2.05) is 19.1 Å². The predicted octanol–water partition coefficient (Wildman–Crippen LogP) is 3.81. The predicted molar refractivity (Wildman–Crippen MR) is 82.7 cm³/mol. The van der Waals surface area contributed by atoms with Crippen molar-refractivity contribution in [3.8, 4) is 16.9 Å². The molecule has 2 N–H and O–H groups in total. The monoisotopic (exact) mass is 280 g/mol. The average molecular weight is 280 g/mol. The Morgan fingerprint density at radius 2 is 1.76 bits per heavy atom. The smallest absolute Gasteiger partial charge is 0.336 e. The van der Waals surface area contributed by atoms with E-state index in [1.54, 1.807) is 18.2 Å². The van der Waals surface area contributed by atoms with E-state index >= 15 is 0 Å². The summed E-state index contributed by atoms with van der Waals surface area (Å²) in [5.41, 5.74) is 6.19. The van der Waals surface area contributed by atoms with Crippen LogP contribution in [0.25, 0.3) is 17.2 Å². The van der Waals surface area contributed by atoms with Gasteiger partial charge in [0.1, 0.15) is 5.75 Å². The summed E-state index contributed by atoms with van der Waals surface area (Å²) in [6, 6.07) is 7.10. The fourth-order valence-electron chi connectivity index (χ4n) is 3.17. The molecule has 1 aliphatic carbocycles. The van der Waals surface area contributed by atoms with Crippen molar-refractivity contribution < 1.29 is 15.0 Å². The first kappa shape index (κ1) is 13.4. The normalized spacial score (nSPS) is 12.4. The number of rotatable bonds is 2. The largest absolute Gasteiger partial charge is 0.508 e. The Balaban J connectivity index is 2.30. The third-order valence-electron chi connectivity index (χ3n) is 4.28. The van der Waals surface area contributed by atoms with E-state index in [4.69, 9.17) is 0 Å². The van der Waals surface area contributed by atoms with Crippen LogP contribution in [0.2, 0.25) is 0 Å². The van der Waals surface area contributed by atoms with Gasteiger partial charge < -0.3 is 10.2 Å². The van der Waals surface area contributed by atoms with Gasteiger partial charge in [-0.2, -0.15) is 0 Å². The highest BCUT2D eigenvalue weighted by Gasteiger charge is 2.23. The molecule has 0 amide bonds. The standard InChI is InChI=1S/C18H16O3/c1-3-11-13-5-4-12-10(2)17(19)9-8-14(12)15(13)6-7-16(11)18(20)21/h3,6-9,19H,1,4-5H2,2H3,(H,20,21). The second kappa shape index (κ2) is 4.77. The Bertz CT molecular complexity index is 773. The van der Waals surface area contributed by atoms with Gasteiger partial charge in [-0.1, -0.05) is 24.8 Å². The first-order valence-corrected chi connectivity index (χ1v) is 6.88. The number of fused-ring (bicyclic) bond motifs is 3. The molecule has 0 aromatic heterocycles. The number of carboxylic acid groups (broad SMARTS) is 1. The number of hydrogen-bond acceptors (Lipinski definition) is 2. The number of carboxylic acids is 1. The molecule has 0 heterocycles. The number of carbonyl (C=O) groups is 1. The summed E-state index contributed by atoms with van der Waals surface area (Å²) >= 11 is 0. The van der Waals surface area contributed by atoms with E-state index in [1.165, 1.54) is 0 Å². The Hall–Kier alpha value is -2.55. The van der Waals surface area contributed by atoms with E-state index in [0.29, 0.717) is 16.9 Å². The molecule has 0 atom stereocenters. The van der Waals surface area contributed by atoms with Gasteiger partial charge in [0.25, 0.3) is 0 Å². The van der Waals surface area contributed by atoms with Gasteiger partial charge in [-0.3, -0.25) is 0 Å². The van der Waals surface area contributed by atoms with Crippen LogP contribution in [0.4, 0.5) is 0 Å². The van der Waals surface area contributed by atoms with Gasteiger partial charge in [0.15, 0.2) is 0 Å². The first-order chi connectivity index (χ1) is 10.0. The number of phenols is 1. The maximum atomic E-state index is 11.3. The maximum Gasteiger partial charge on any atom is 0.336 e. The third kappa shape index (κ3) is 1.93. The fourth-order valence-corrected chi connectivity index (χ4v) is 3.17. The molecular weight excluding hydrogens is 264 g/mol. The molecule has 0 fully saturated rings. The van der Waals surface area contributed by atoms with Crippen molar-refractivity contribution in [2.45, 2.75) is 19.8 Å². The zero-order chi connectivity index (χ0) is 15.1. The van der Waals surface area contributed by atoms with E-state index in [2.05, 4.69) is 6.58 Å². The van der Waals surface area contributed by atoms with Crippen molar-refractivity contribution in [2.75, 3.05) is 0 Å². The summed E-state index contributed by atoms with van der Waals surface area (Å²) in [7, 11) is 0. The zero-order valence-electron chi connectivity index (χ0n) is 11.8. The molecule has 0 aliphatic heterocycles. The highest BCUT2D eigenvalue weighted by atomic mass is 16.4. The van der Waals surface area contributed by atoms with Crippen LogP contribution < -0.4 is 0 Å². The number of aromatic carboxylic acids is 1. The fraction of sp³-hybridized carbons (Fsp3) is 0.167. The quantitative estimate of drug-likeness (QED) is 0.879. The van der Waals surface area contributed by atoms with Gasteiger partial charge in [-0.25, -0.2) is 4.79 Å². The Labute approximate surface area is 123 Å². The van der Waals surface area contributed by atoms with Crippen LogP contribution in [0.1, 0.15) is 32.6 Å². The second-order valence-electron chi connectivity index (χ2n) is 5.30. The minimum Gasteiger partial charge on any atom is -0.508 e. The molecule has 106 valence electrons. The zero-order valence-corrected chi connectivity index (χ0v) is 11.8. The second-order valence-corrected chi connectivity index (χ2v) is 5.30. The van der Waals surface area contributed by atoms with Crippen LogP contribution in [0.15, 0.2) is 30.8 Å². The van der Waals surface area contributed by atoms with Crippen molar-refractivity contribution in [3.05, 3.63) is 58.7 Å². The minimum absolute atomic E-state index is 0.294. The Morgan fingerprint density at radius 1 is 1.14 bits per heavy atom. The van der Waals surface area contributed by atoms with E-state index in [9.17, 15) is 15.0 Å². The summed E-state index contributed by atoms with van der Waals surface area (Å²) in [5.74, 6) is -0.622. The average Bonchev–Trinajstić information content (AvgIpc) is 2.48. The van der Waals surface area contributed by atoms with Crippen molar-refractivity contribution in [1.82, 2.24) is 0 Å². The van der Waals surface area contributed by atoms with Crippen molar-refractivity contribution in [2.24, 2.45) is 0 Å². The van der Waals surface area contributed by atoms with Crippen LogP contribution in [0, 0.1) is 6.92 Å². The highest BCUT2D eigenvalue weighted by molar-refractivity contribution is 5.95. The number of phenolic OH excluding ortho intramolecular Hbond substituents is 1. The minimum atomic E-state index is -0.930. The van der Waals surface area contributed by atoms with Gasteiger partial charge in [-0.15, -0.1) is 0 Å². The summed E-state index contributed by atoms with van der Waals surface area (Å²) in [6.07, 6.45) is 3.18. The van der Waals surface area contributed by atoms with Gasteiger partial charge in [0.05, 0.1) is 5.56 Å². The summed E-state index contributed by atoms with van der Waals surface area (Å²) in [6.45, 7) is 5.68. The summed E-state index contributed by atoms with van der Waals surface area (Å²) < 4.78 is 0. The van der Waals surface area contributed by atoms with Crippen LogP contribution in [0.5, 0.6) is 5.75 Å². The summed E-state index contributed by atoms with van der Waals surface area (Å²) in [4.78, 5) is 11.3. The molecule has 0 saturated heterocycles. The van der Waals surface area contributed by atoms with Gasteiger partial charge in [0, 0.05) is 0 Å². The lowest BCUT2D eigenvalue weighted by Gasteiger charge is -2.24.